The van der Waals surface area contributed by atoms with Gasteiger partial charge in [0.1, 0.15) is 9.24 Å². The van der Waals surface area contributed by atoms with Crippen molar-refractivity contribution in [2.24, 2.45) is 0 Å². The molecule has 0 aliphatic rings. The van der Waals surface area contributed by atoms with Crippen LogP contribution in [-0.4, -0.2) is 9.78 Å². The molecule has 0 saturated heterocycles. The number of rotatable bonds is 4. The van der Waals surface area contributed by atoms with Gasteiger partial charge in [-0.15, -0.1) is 0 Å². The number of nitrogens with two attached hydrogens (primary N) is 1. The van der Waals surface area contributed by atoms with Crippen LogP contribution in [0.25, 0.3) is 10.9 Å². The van der Waals surface area contributed by atoms with E-state index in [1.54, 1.807) is 0 Å². The summed E-state index contributed by atoms with van der Waals surface area (Å²) in [6.45, 7) is 0. The molecule has 5 rings (SSSR count). The van der Waals surface area contributed by atoms with E-state index in [1.165, 1.54) is 0 Å². The first kappa shape index (κ1) is 18.9. The number of hydrogen-bond acceptors (Lipinski definition) is 2. The highest BCUT2D eigenvalue weighted by molar-refractivity contribution is 14.1. The van der Waals surface area contributed by atoms with E-state index in [2.05, 4.69) is 106 Å². The number of hydrogen-bond donors (Lipinski definition) is 1. The highest BCUT2D eigenvalue weighted by atomic mass is 127. The standard InChI is InChI=1S/C26H20IN3/c27-25-23-17-16-22(28)18-24(23)30(29-25)26(19-10-4-1-5-11-19,20-12-6-2-7-13-20)21-14-8-3-9-15-21/h1-18H,28H2. The predicted molar refractivity (Wildman–Crippen MR) is 131 cm³/mol. The van der Waals surface area contributed by atoms with Gasteiger partial charge in [-0.1, -0.05) is 91.0 Å². The second-order valence-electron chi connectivity index (χ2n) is 7.29. The van der Waals surface area contributed by atoms with E-state index >= 15 is 0 Å². The van der Waals surface area contributed by atoms with Gasteiger partial charge in [0.05, 0.1) is 5.52 Å². The Kier molecular flexibility index (Phi) is 4.79. The average molecular weight is 501 g/mol. The first-order chi connectivity index (χ1) is 14.7. The SMILES string of the molecule is Nc1ccc2c(I)nn(C(c3ccccc3)(c3ccccc3)c3ccccc3)c2c1. The van der Waals surface area contributed by atoms with Crippen LogP contribution in [0.1, 0.15) is 16.7 Å². The lowest BCUT2D eigenvalue weighted by atomic mass is 9.77. The van der Waals surface area contributed by atoms with Gasteiger partial charge in [-0.3, -0.25) is 0 Å². The van der Waals surface area contributed by atoms with Gasteiger partial charge < -0.3 is 5.73 Å². The normalized spacial score (nSPS) is 11.6. The maximum atomic E-state index is 6.22. The molecule has 4 heteroatoms. The van der Waals surface area contributed by atoms with Gasteiger partial charge in [0.2, 0.25) is 0 Å². The van der Waals surface area contributed by atoms with Crippen LogP contribution in [0.15, 0.2) is 109 Å². The van der Waals surface area contributed by atoms with E-state index in [0.717, 1.165) is 37.0 Å². The Morgan fingerprint density at radius 3 is 1.60 bits per heavy atom. The van der Waals surface area contributed by atoms with E-state index in [1.807, 2.05) is 30.3 Å². The molecule has 0 aliphatic carbocycles. The van der Waals surface area contributed by atoms with Crippen molar-refractivity contribution in [2.75, 3.05) is 5.73 Å². The molecule has 0 bridgehead atoms. The largest absolute Gasteiger partial charge is 0.399 e. The molecule has 1 heterocycles. The van der Waals surface area contributed by atoms with Crippen LogP contribution in [0, 0.1) is 3.70 Å². The zero-order chi connectivity index (χ0) is 20.6. The minimum atomic E-state index is -0.640. The van der Waals surface area contributed by atoms with Crippen molar-refractivity contribution in [1.82, 2.24) is 9.78 Å². The monoisotopic (exact) mass is 501 g/mol. The molecular weight excluding hydrogens is 481 g/mol. The zero-order valence-corrected chi connectivity index (χ0v) is 18.4. The van der Waals surface area contributed by atoms with Gasteiger partial charge in [-0.2, -0.15) is 5.10 Å². The van der Waals surface area contributed by atoms with Crippen LogP contribution in [0.2, 0.25) is 0 Å². The summed E-state index contributed by atoms with van der Waals surface area (Å²) < 4.78 is 3.09. The molecule has 146 valence electrons. The third-order valence-electron chi connectivity index (χ3n) is 5.55. The highest BCUT2D eigenvalue weighted by Crippen LogP contribution is 2.43. The van der Waals surface area contributed by atoms with Crippen molar-refractivity contribution in [1.29, 1.82) is 0 Å². The van der Waals surface area contributed by atoms with Crippen molar-refractivity contribution in [2.45, 2.75) is 5.54 Å². The van der Waals surface area contributed by atoms with E-state index in [-0.39, 0.29) is 0 Å². The topological polar surface area (TPSA) is 43.8 Å². The quantitative estimate of drug-likeness (QED) is 0.185. The third kappa shape index (κ3) is 2.91. The minimum Gasteiger partial charge on any atom is -0.399 e. The summed E-state index contributed by atoms with van der Waals surface area (Å²) >= 11 is 2.32. The van der Waals surface area contributed by atoms with Crippen LogP contribution in [0.3, 0.4) is 0 Å². The molecule has 0 amide bonds. The van der Waals surface area contributed by atoms with E-state index in [4.69, 9.17) is 10.8 Å². The smallest absolute Gasteiger partial charge is 0.138 e. The van der Waals surface area contributed by atoms with Gasteiger partial charge in [0.25, 0.3) is 0 Å². The van der Waals surface area contributed by atoms with E-state index in [9.17, 15) is 0 Å². The molecule has 0 aliphatic heterocycles. The van der Waals surface area contributed by atoms with Gasteiger partial charge in [0, 0.05) is 11.1 Å². The second-order valence-corrected chi connectivity index (χ2v) is 8.31. The van der Waals surface area contributed by atoms with Crippen LogP contribution in [0.5, 0.6) is 0 Å². The Hall–Kier alpha value is -3.12. The fraction of sp³-hybridized carbons (Fsp3) is 0.0385. The van der Waals surface area contributed by atoms with E-state index in [0.29, 0.717) is 0 Å². The molecule has 30 heavy (non-hydrogen) atoms. The molecule has 5 aromatic rings. The number of fused-ring (bicyclic) bond motifs is 1. The van der Waals surface area contributed by atoms with Crippen molar-refractivity contribution in [3.05, 3.63) is 130 Å². The number of anilines is 1. The van der Waals surface area contributed by atoms with Crippen molar-refractivity contribution in [3.8, 4) is 0 Å². The highest BCUT2D eigenvalue weighted by Gasteiger charge is 2.40. The van der Waals surface area contributed by atoms with Crippen LogP contribution in [0.4, 0.5) is 5.69 Å². The fourth-order valence-electron chi connectivity index (χ4n) is 4.25. The van der Waals surface area contributed by atoms with Gasteiger partial charge >= 0.3 is 0 Å². The summed E-state index contributed by atoms with van der Waals surface area (Å²) in [5.74, 6) is 0. The Labute approximate surface area is 189 Å². The second kappa shape index (κ2) is 7.61. The van der Waals surface area contributed by atoms with Crippen LogP contribution in [-0.2, 0) is 5.54 Å². The Morgan fingerprint density at radius 1 is 0.667 bits per heavy atom. The van der Waals surface area contributed by atoms with Crippen LogP contribution < -0.4 is 5.73 Å². The lowest BCUT2D eigenvalue weighted by Crippen LogP contribution is -2.38. The van der Waals surface area contributed by atoms with Crippen molar-refractivity contribution >= 4 is 39.2 Å². The third-order valence-corrected chi connectivity index (χ3v) is 6.35. The van der Waals surface area contributed by atoms with Gasteiger partial charge in [-0.25, -0.2) is 4.68 Å². The molecule has 0 fully saturated rings. The number of halogens is 1. The predicted octanol–water partition coefficient (Wildman–Crippen LogP) is 6.06. The molecule has 2 N–H and O–H groups in total. The minimum absolute atomic E-state index is 0.640. The zero-order valence-electron chi connectivity index (χ0n) is 16.2. The summed E-state index contributed by atoms with van der Waals surface area (Å²) in [5, 5.41) is 6.17. The number of nitrogens with zero attached hydrogens (tertiary/aromatic N) is 2. The van der Waals surface area contributed by atoms with Crippen LogP contribution >= 0.6 is 22.6 Å². The molecule has 0 radical (unpaired) electrons. The van der Waals surface area contributed by atoms with Crippen molar-refractivity contribution in [3.63, 3.8) is 0 Å². The summed E-state index contributed by atoms with van der Waals surface area (Å²) in [4.78, 5) is 0. The number of aromatic nitrogens is 2. The average Bonchev–Trinajstić information content (AvgIpc) is 3.12. The number of benzene rings is 4. The molecule has 0 spiro atoms. The molecule has 1 aromatic heterocycles. The Morgan fingerprint density at radius 2 is 1.13 bits per heavy atom. The lowest BCUT2D eigenvalue weighted by molar-refractivity contribution is 0.473. The van der Waals surface area contributed by atoms with E-state index < -0.39 is 5.54 Å². The number of nitrogen functional groups attached to an aromatic ring is 1. The Balaban J connectivity index is 1.99. The van der Waals surface area contributed by atoms with Crippen molar-refractivity contribution < 1.29 is 0 Å². The fourth-order valence-corrected chi connectivity index (χ4v) is 4.93. The van der Waals surface area contributed by atoms with Gasteiger partial charge in [-0.05, 0) is 57.5 Å². The maximum absolute atomic E-state index is 6.22. The summed E-state index contributed by atoms with van der Waals surface area (Å²) in [6.07, 6.45) is 0. The Bertz CT molecular complexity index is 1200. The summed E-state index contributed by atoms with van der Waals surface area (Å²) in [7, 11) is 0. The molecule has 3 nitrogen and oxygen atoms in total. The molecule has 0 atom stereocenters. The first-order valence-electron chi connectivity index (χ1n) is 9.82. The molecule has 0 unspecified atom stereocenters. The summed E-state index contributed by atoms with van der Waals surface area (Å²) in [5.41, 5.74) is 10.7. The molecular formula is C26H20IN3. The summed E-state index contributed by atoms with van der Waals surface area (Å²) in [6, 6.07) is 37.7. The van der Waals surface area contributed by atoms with Gasteiger partial charge in [0.15, 0.2) is 0 Å². The molecule has 4 aromatic carbocycles. The molecule has 0 saturated carbocycles. The first-order valence-corrected chi connectivity index (χ1v) is 10.9. The maximum Gasteiger partial charge on any atom is 0.138 e. The lowest BCUT2D eigenvalue weighted by Gasteiger charge is -2.37.